The number of hydrogen-bond donors (Lipinski definition) is 1. The summed E-state index contributed by atoms with van der Waals surface area (Å²) in [6, 6.07) is 24.1. The van der Waals surface area contributed by atoms with Crippen molar-refractivity contribution in [2.75, 3.05) is 5.32 Å². The summed E-state index contributed by atoms with van der Waals surface area (Å²) in [5.74, 6) is 1.39. The Hall–Kier alpha value is -4.30. The van der Waals surface area contributed by atoms with Crippen LogP contribution in [-0.2, 0) is 0 Å². The van der Waals surface area contributed by atoms with Crippen LogP contribution in [0.1, 0.15) is 16.1 Å². The second-order valence-corrected chi connectivity index (χ2v) is 8.21. The lowest BCUT2D eigenvalue weighted by Crippen LogP contribution is -2.11. The van der Waals surface area contributed by atoms with Crippen molar-refractivity contribution in [3.05, 3.63) is 102 Å². The Bertz CT molecular complexity index is 1360. The first kappa shape index (κ1) is 20.6. The van der Waals surface area contributed by atoms with Crippen molar-refractivity contribution in [1.29, 1.82) is 0 Å². The SMILES string of the molecule is Cc1ccn(-c2ccc(Oc3ccc(NC(=O)c4ccc(-c5cccs5)cc4)cc3)nn2)n1. The van der Waals surface area contributed by atoms with E-state index < -0.39 is 0 Å². The highest BCUT2D eigenvalue weighted by Crippen LogP contribution is 2.25. The molecule has 0 saturated heterocycles. The van der Waals surface area contributed by atoms with E-state index in [0.29, 0.717) is 28.7 Å². The number of hydrogen-bond acceptors (Lipinski definition) is 6. The van der Waals surface area contributed by atoms with Gasteiger partial charge in [0.1, 0.15) is 5.75 Å². The van der Waals surface area contributed by atoms with Crippen molar-refractivity contribution in [2.24, 2.45) is 0 Å². The van der Waals surface area contributed by atoms with Crippen molar-refractivity contribution in [2.45, 2.75) is 6.92 Å². The maximum absolute atomic E-state index is 12.6. The third-order valence-corrected chi connectivity index (χ3v) is 5.79. The van der Waals surface area contributed by atoms with E-state index in [0.717, 1.165) is 11.3 Å². The molecule has 3 heterocycles. The zero-order valence-corrected chi connectivity index (χ0v) is 18.5. The molecule has 3 aromatic heterocycles. The number of carbonyl (C=O) groups excluding carboxylic acids is 1. The van der Waals surface area contributed by atoms with Gasteiger partial charge in [-0.1, -0.05) is 18.2 Å². The van der Waals surface area contributed by atoms with E-state index in [1.807, 2.05) is 54.9 Å². The summed E-state index contributed by atoms with van der Waals surface area (Å²) in [6.07, 6.45) is 1.82. The third kappa shape index (κ3) is 4.81. The quantitative estimate of drug-likeness (QED) is 0.354. The van der Waals surface area contributed by atoms with Crippen LogP contribution in [0, 0.1) is 6.92 Å². The van der Waals surface area contributed by atoms with Gasteiger partial charge in [-0.25, -0.2) is 4.68 Å². The molecule has 0 aliphatic rings. The fourth-order valence-electron chi connectivity index (χ4n) is 3.19. The highest BCUT2D eigenvalue weighted by molar-refractivity contribution is 7.13. The summed E-state index contributed by atoms with van der Waals surface area (Å²) in [6.45, 7) is 1.91. The van der Waals surface area contributed by atoms with E-state index in [2.05, 4.69) is 26.7 Å². The maximum atomic E-state index is 12.6. The van der Waals surface area contributed by atoms with Crippen LogP contribution in [0.25, 0.3) is 16.3 Å². The molecule has 0 bridgehead atoms. The molecule has 0 atom stereocenters. The van der Waals surface area contributed by atoms with Gasteiger partial charge in [0.15, 0.2) is 5.82 Å². The minimum Gasteiger partial charge on any atom is -0.438 e. The predicted molar refractivity (Wildman–Crippen MR) is 128 cm³/mol. The van der Waals surface area contributed by atoms with Crippen LogP contribution < -0.4 is 10.1 Å². The highest BCUT2D eigenvalue weighted by Gasteiger charge is 2.08. The molecule has 162 valence electrons. The Morgan fingerprint density at radius 3 is 2.39 bits per heavy atom. The van der Waals surface area contributed by atoms with Crippen LogP contribution in [0.2, 0.25) is 0 Å². The molecule has 5 aromatic rings. The van der Waals surface area contributed by atoms with Crippen molar-refractivity contribution >= 4 is 22.9 Å². The van der Waals surface area contributed by atoms with E-state index >= 15 is 0 Å². The molecule has 5 rings (SSSR count). The summed E-state index contributed by atoms with van der Waals surface area (Å²) in [4.78, 5) is 13.7. The first-order chi connectivity index (χ1) is 16.1. The molecular formula is C25H19N5O2S. The molecule has 0 radical (unpaired) electrons. The lowest BCUT2D eigenvalue weighted by Gasteiger charge is -2.08. The third-order valence-electron chi connectivity index (χ3n) is 4.87. The summed E-state index contributed by atoms with van der Waals surface area (Å²) in [5.41, 5.74) is 3.27. The van der Waals surface area contributed by atoms with Gasteiger partial charge in [-0.3, -0.25) is 4.79 Å². The van der Waals surface area contributed by atoms with Gasteiger partial charge in [-0.05, 0) is 72.5 Å². The van der Waals surface area contributed by atoms with Crippen LogP contribution in [-0.4, -0.2) is 25.9 Å². The number of ether oxygens (including phenoxy) is 1. The number of aromatic nitrogens is 4. The number of nitrogens with zero attached hydrogens (tertiary/aromatic N) is 4. The molecular weight excluding hydrogens is 434 g/mol. The largest absolute Gasteiger partial charge is 0.438 e. The number of thiophene rings is 1. The molecule has 0 unspecified atom stereocenters. The van der Waals surface area contributed by atoms with Crippen molar-refractivity contribution in [3.8, 4) is 27.9 Å². The van der Waals surface area contributed by atoms with Crippen molar-refractivity contribution in [1.82, 2.24) is 20.0 Å². The summed E-state index contributed by atoms with van der Waals surface area (Å²) >= 11 is 1.67. The number of benzene rings is 2. The van der Waals surface area contributed by atoms with Crippen LogP contribution in [0.15, 0.2) is 90.4 Å². The van der Waals surface area contributed by atoms with E-state index in [9.17, 15) is 4.79 Å². The summed E-state index contributed by atoms with van der Waals surface area (Å²) < 4.78 is 7.40. The van der Waals surface area contributed by atoms with Crippen molar-refractivity contribution < 1.29 is 9.53 Å². The van der Waals surface area contributed by atoms with E-state index in [4.69, 9.17) is 4.74 Å². The molecule has 0 aliphatic heterocycles. The lowest BCUT2D eigenvalue weighted by molar-refractivity contribution is 0.102. The van der Waals surface area contributed by atoms with Gasteiger partial charge in [0.05, 0.1) is 5.69 Å². The first-order valence-electron chi connectivity index (χ1n) is 10.2. The van der Waals surface area contributed by atoms with Crippen molar-refractivity contribution in [3.63, 3.8) is 0 Å². The van der Waals surface area contributed by atoms with Crippen LogP contribution in [0.4, 0.5) is 5.69 Å². The average Bonchev–Trinajstić information content (AvgIpc) is 3.53. The molecule has 0 fully saturated rings. The number of amides is 1. The molecule has 1 N–H and O–H groups in total. The summed E-state index contributed by atoms with van der Waals surface area (Å²) in [7, 11) is 0. The Morgan fingerprint density at radius 2 is 1.76 bits per heavy atom. The monoisotopic (exact) mass is 453 g/mol. The minimum atomic E-state index is -0.170. The van der Waals surface area contributed by atoms with Gasteiger partial charge in [-0.15, -0.1) is 21.5 Å². The number of rotatable bonds is 6. The van der Waals surface area contributed by atoms with Gasteiger partial charge in [-0.2, -0.15) is 5.10 Å². The van der Waals surface area contributed by atoms with Gasteiger partial charge in [0.25, 0.3) is 5.91 Å². The Balaban J connectivity index is 1.20. The number of aryl methyl sites for hydroxylation is 1. The maximum Gasteiger partial charge on any atom is 0.255 e. The highest BCUT2D eigenvalue weighted by atomic mass is 32.1. The van der Waals surface area contributed by atoms with E-state index in [-0.39, 0.29) is 5.91 Å². The lowest BCUT2D eigenvalue weighted by atomic mass is 10.1. The normalized spacial score (nSPS) is 10.7. The van der Waals surface area contributed by atoms with Gasteiger partial charge < -0.3 is 10.1 Å². The predicted octanol–water partition coefficient (Wildman–Crippen LogP) is 5.74. The minimum absolute atomic E-state index is 0.170. The second kappa shape index (κ2) is 9.05. The molecule has 1 amide bonds. The van der Waals surface area contributed by atoms with Crippen LogP contribution >= 0.6 is 11.3 Å². The second-order valence-electron chi connectivity index (χ2n) is 7.27. The molecule has 0 aliphatic carbocycles. The van der Waals surface area contributed by atoms with E-state index in [1.165, 1.54) is 4.88 Å². The molecule has 2 aromatic carbocycles. The number of nitrogens with one attached hydrogen (secondary N) is 1. The van der Waals surface area contributed by atoms with Crippen LogP contribution in [0.5, 0.6) is 11.6 Å². The smallest absolute Gasteiger partial charge is 0.255 e. The standard InChI is InChI=1S/C25H19N5O2S/c1-17-14-15-30(29-17)23-12-13-24(28-27-23)32-21-10-8-20(9-11-21)26-25(31)19-6-4-18(5-7-19)22-3-2-16-33-22/h2-16H,1H3,(H,26,31). The molecule has 0 saturated carbocycles. The number of anilines is 1. The van der Waals surface area contributed by atoms with Crippen LogP contribution in [0.3, 0.4) is 0 Å². The van der Waals surface area contributed by atoms with Gasteiger partial charge in [0.2, 0.25) is 5.88 Å². The molecule has 8 heteroatoms. The van der Waals surface area contributed by atoms with Gasteiger partial charge >= 0.3 is 0 Å². The molecule has 7 nitrogen and oxygen atoms in total. The molecule has 0 spiro atoms. The average molecular weight is 454 g/mol. The molecule has 33 heavy (non-hydrogen) atoms. The Labute approximate surface area is 194 Å². The summed E-state index contributed by atoms with van der Waals surface area (Å²) in [5, 5.41) is 17.5. The fourth-order valence-corrected chi connectivity index (χ4v) is 3.92. The number of carbonyl (C=O) groups is 1. The van der Waals surface area contributed by atoms with Gasteiger partial charge in [0, 0.05) is 28.4 Å². The zero-order valence-electron chi connectivity index (χ0n) is 17.7. The van der Waals surface area contributed by atoms with E-state index in [1.54, 1.807) is 52.4 Å². The first-order valence-corrected chi connectivity index (χ1v) is 11.1. The topological polar surface area (TPSA) is 81.9 Å². The fraction of sp³-hybridized carbons (Fsp3) is 0.0400. The zero-order chi connectivity index (χ0) is 22.6. The Morgan fingerprint density at radius 1 is 0.939 bits per heavy atom. The Kier molecular flexibility index (Phi) is 5.65.